The Labute approximate surface area is 133 Å². The Balaban J connectivity index is 2.03. The largest absolute Gasteiger partial charge is 0.497 e. The first-order valence-corrected chi connectivity index (χ1v) is 7.13. The number of carboxylic acids is 1. The van der Waals surface area contributed by atoms with Crippen molar-refractivity contribution in [3.63, 3.8) is 0 Å². The van der Waals surface area contributed by atoms with E-state index in [1.54, 1.807) is 24.3 Å². The third-order valence-electron chi connectivity index (χ3n) is 3.77. The number of hydrogen-bond acceptors (Lipinski definition) is 5. The molecule has 0 aromatic heterocycles. The van der Waals surface area contributed by atoms with Gasteiger partial charge in [0.2, 0.25) is 5.91 Å². The number of ether oxygens (including phenoxy) is 1. The number of aliphatic carboxylic acids is 1. The average Bonchev–Trinajstić information content (AvgIpc) is 2.98. The number of nitrogens with two attached hydrogens (primary N) is 1. The number of rotatable bonds is 5. The summed E-state index contributed by atoms with van der Waals surface area (Å²) in [6.45, 7) is -0.127. The van der Waals surface area contributed by atoms with Crippen LogP contribution in [0.5, 0.6) is 5.75 Å². The Morgan fingerprint density at radius 1 is 1.35 bits per heavy atom. The zero-order valence-electron chi connectivity index (χ0n) is 12.7. The molecule has 1 aliphatic rings. The van der Waals surface area contributed by atoms with Crippen LogP contribution in [-0.4, -0.2) is 60.1 Å². The van der Waals surface area contributed by atoms with Gasteiger partial charge in [-0.3, -0.25) is 9.59 Å². The summed E-state index contributed by atoms with van der Waals surface area (Å²) in [4.78, 5) is 36.3. The Hall–Kier alpha value is -2.61. The van der Waals surface area contributed by atoms with Crippen molar-refractivity contribution < 1.29 is 24.2 Å². The van der Waals surface area contributed by atoms with Crippen molar-refractivity contribution in [3.05, 3.63) is 29.8 Å². The summed E-state index contributed by atoms with van der Waals surface area (Å²) in [6, 6.07) is 5.15. The van der Waals surface area contributed by atoms with Gasteiger partial charge in [-0.2, -0.15) is 0 Å². The van der Waals surface area contributed by atoms with Crippen LogP contribution in [0, 0.1) is 0 Å². The second-order valence-corrected chi connectivity index (χ2v) is 5.24. The molecule has 2 rings (SSSR count). The van der Waals surface area contributed by atoms with Crippen LogP contribution in [0.4, 0.5) is 0 Å². The zero-order valence-corrected chi connectivity index (χ0v) is 12.7. The van der Waals surface area contributed by atoms with Crippen LogP contribution in [0.15, 0.2) is 24.3 Å². The van der Waals surface area contributed by atoms with Gasteiger partial charge in [-0.1, -0.05) is 0 Å². The number of carboxylic acid groups (broad SMARTS) is 1. The van der Waals surface area contributed by atoms with E-state index in [0.717, 1.165) is 0 Å². The van der Waals surface area contributed by atoms with Gasteiger partial charge < -0.3 is 25.8 Å². The summed E-state index contributed by atoms with van der Waals surface area (Å²) in [7, 11) is 1.53. The minimum Gasteiger partial charge on any atom is -0.497 e. The number of nitrogens with one attached hydrogen (secondary N) is 1. The molecule has 124 valence electrons. The quantitative estimate of drug-likeness (QED) is 0.668. The van der Waals surface area contributed by atoms with Crippen molar-refractivity contribution in [2.24, 2.45) is 5.73 Å². The minimum absolute atomic E-state index is 0.134. The molecule has 1 heterocycles. The van der Waals surface area contributed by atoms with Gasteiger partial charge in [0.05, 0.1) is 13.7 Å². The molecule has 2 amide bonds. The van der Waals surface area contributed by atoms with Gasteiger partial charge in [-0.15, -0.1) is 0 Å². The molecule has 23 heavy (non-hydrogen) atoms. The van der Waals surface area contributed by atoms with Crippen molar-refractivity contribution >= 4 is 17.8 Å². The van der Waals surface area contributed by atoms with Crippen molar-refractivity contribution in [1.82, 2.24) is 10.2 Å². The third kappa shape index (κ3) is 3.78. The number of benzene rings is 1. The minimum atomic E-state index is -1.10. The van der Waals surface area contributed by atoms with Gasteiger partial charge >= 0.3 is 5.97 Å². The van der Waals surface area contributed by atoms with E-state index < -0.39 is 24.0 Å². The molecule has 2 atom stereocenters. The first-order valence-electron chi connectivity index (χ1n) is 7.13. The van der Waals surface area contributed by atoms with Crippen LogP contribution in [0.2, 0.25) is 0 Å². The lowest BCUT2D eigenvalue weighted by Gasteiger charge is -2.20. The van der Waals surface area contributed by atoms with Crippen molar-refractivity contribution in [2.45, 2.75) is 18.5 Å². The number of nitrogens with zero attached hydrogens (tertiary/aromatic N) is 1. The van der Waals surface area contributed by atoms with Crippen LogP contribution in [0.1, 0.15) is 16.8 Å². The van der Waals surface area contributed by atoms with E-state index in [1.165, 1.54) is 12.0 Å². The fourth-order valence-corrected chi connectivity index (χ4v) is 2.58. The Kier molecular flexibility index (Phi) is 5.17. The Morgan fingerprint density at radius 3 is 2.52 bits per heavy atom. The molecule has 1 saturated heterocycles. The molecule has 0 bridgehead atoms. The highest BCUT2D eigenvalue weighted by Gasteiger charge is 2.39. The maximum absolute atomic E-state index is 12.2. The highest BCUT2D eigenvalue weighted by Crippen LogP contribution is 2.19. The first-order chi connectivity index (χ1) is 11.0. The van der Waals surface area contributed by atoms with Crippen molar-refractivity contribution in [1.29, 1.82) is 0 Å². The van der Waals surface area contributed by atoms with Crippen molar-refractivity contribution in [2.75, 3.05) is 20.2 Å². The van der Waals surface area contributed by atoms with Crippen LogP contribution in [0.3, 0.4) is 0 Å². The molecule has 1 aromatic carbocycles. The molecule has 0 unspecified atom stereocenters. The molecule has 0 saturated carbocycles. The van der Waals surface area contributed by atoms with E-state index in [9.17, 15) is 19.5 Å². The zero-order chi connectivity index (χ0) is 17.0. The lowest BCUT2D eigenvalue weighted by atomic mass is 10.1. The topological polar surface area (TPSA) is 122 Å². The van der Waals surface area contributed by atoms with E-state index >= 15 is 0 Å². The molecule has 0 spiro atoms. The molecule has 4 N–H and O–H groups in total. The van der Waals surface area contributed by atoms with E-state index in [2.05, 4.69) is 5.32 Å². The number of amides is 2. The number of methoxy groups -OCH3 is 1. The highest BCUT2D eigenvalue weighted by atomic mass is 16.5. The van der Waals surface area contributed by atoms with Crippen molar-refractivity contribution in [3.8, 4) is 5.75 Å². The monoisotopic (exact) mass is 321 g/mol. The number of likely N-dealkylation sites (tertiary alicyclic amines) is 1. The summed E-state index contributed by atoms with van der Waals surface area (Å²) in [5.41, 5.74) is 5.73. The Morgan fingerprint density at radius 2 is 2.00 bits per heavy atom. The lowest BCUT2D eigenvalue weighted by molar-refractivity contribution is -0.147. The summed E-state index contributed by atoms with van der Waals surface area (Å²) in [5.74, 6) is -1.25. The van der Waals surface area contributed by atoms with Crippen LogP contribution in [-0.2, 0) is 9.59 Å². The maximum Gasteiger partial charge on any atom is 0.326 e. The van der Waals surface area contributed by atoms with Crippen LogP contribution >= 0.6 is 0 Å². The van der Waals surface area contributed by atoms with Crippen LogP contribution < -0.4 is 15.8 Å². The molecular weight excluding hydrogens is 302 g/mol. The van der Waals surface area contributed by atoms with E-state index in [1.807, 2.05) is 0 Å². The number of hydrogen-bond donors (Lipinski definition) is 3. The predicted molar refractivity (Wildman–Crippen MR) is 81.1 cm³/mol. The van der Waals surface area contributed by atoms with Gasteiger partial charge in [0, 0.05) is 24.6 Å². The molecule has 0 radical (unpaired) electrons. The molecule has 1 fully saturated rings. The lowest BCUT2D eigenvalue weighted by Crippen LogP contribution is -2.44. The van der Waals surface area contributed by atoms with E-state index in [4.69, 9.17) is 10.5 Å². The average molecular weight is 321 g/mol. The predicted octanol–water partition coefficient (Wildman–Crippen LogP) is -0.562. The standard InChI is InChI=1S/C15H19N3O5/c1-23-11-4-2-9(3-5-11)14(20)17-10-6-12(15(21)22)18(8-10)13(19)7-16/h2-5,10,12H,6-8,16H2,1H3,(H,17,20)(H,21,22)/t10-,12-/m0/s1. The fraction of sp³-hybridized carbons (Fsp3) is 0.400. The van der Waals surface area contributed by atoms with E-state index in [0.29, 0.717) is 11.3 Å². The van der Waals surface area contributed by atoms with Gasteiger partial charge in [0.25, 0.3) is 5.91 Å². The second-order valence-electron chi connectivity index (χ2n) is 5.24. The van der Waals surface area contributed by atoms with E-state index in [-0.39, 0.29) is 25.4 Å². The SMILES string of the molecule is COc1ccc(C(=O)N[C@H]2C[C@@H](C(=O)O)N(C(=O)CN)C2)cc1. The summed E-state index contributed by atoms with van der Waals surface area (Å²) in [6.07, 6.45) is 0.156. The maximum atomic E-state index is 12.2. The number of carbonyl (C=O) groups is 3. The first kappa shape index (κ1) is 16.8. The smallest absolute Gasteiger partial charge is 0.326 e. The van der Waals surface area contributed by atoms with Crippen LogP contribution in [0.25, 0.3) is 0 Å². The Bertz CT molecular complexity index is 602. The summed E-state index contributed by atoms with van der Waals surface area (Å²) < 4.78 is 5.02. The molecule has 1 aromatic rings. The van der Waals surface area contributed by atoms with Gasteiger partial charge in [0.1, 0.15) is 11.8 Å². The second kappa shape index (κ2) is 7.10. The highest BCUT2D eigenvalue weighted by molar-refractivity contribution is 5.94. The molecule has 0 aliphatic carbocycles. The summed E-state index contributed by atoms with van der Waals surface area (Å²) >= 11 is 0. The third-order valence-corrected chi connectivity index (χ3v) is 3.77. The molecule has 1 aliphatic heterocycles. The molecule has 8 heteroatoms. The fourth-order valence-electron chi connectivity index (χ4n) is 2.58. The number of carbonyl (C=O) groups excluding carboxylic acids is 2. The molecule has 8 nitrogen and oxygen atoms in total. The van der Waals surface area contributed by atoms with Gasteiger partial charge in [0.15, 0.2) is 0 Å². The summed E-state index contributed by atoms with van der Waals surface area (Å²) in [5, 5.41) is 11.9. The van der Waals surface area contributed by atoms with Gasteiger partial charge in [-0.05, 0) is 24.3 Å². The van der Waals surface area contributed by atoms with Gasteiger partial charge in [-0.25, -0.2) is 4.79 Å². The molecular formula is C15H19N3O5. The normalized spacial score (nSPS) is 20.2.